The summed E-state index contributed by atoms with van der Waals surface area (Å²) in [5, 5.41) is 7.21. The first-order valence-electron chi connectivity index (χ1n) is 18.4. The van der Waals surface area contributed by atoms with Crippen molar-refractivity contribution >= 4 is 75.4 Å². The molecule has 5 heteroatoms. The molecule has 0 bridgehead atoms. The summed E-state index contributed by atoms with van der Waals surface area (Å²) >= 11 is 1.89. The van der Waals surface area contributed by atoms with Gasteiger partial charge in [-0.15, -0.1) is 11.3 Å². The molecule has 7 aromatic carbocycles. The summed E-state index contributed by atoms with van der Waals surface area (Å²) in [6.07, 6.45) is 0. The van der Waals surface area contributed by atoms with E-state index in [1.807, 2.05) is 35.6 Å². The quantitative estimate of drug-likeness (QED) is 0.183. The van der Waals surface area contributed by atoms with Crippen LogP contribution in [0.5, 0.6) is 0 Å². The molecule has 1 aliphatic heterocycles. The number of rotatable bonds is 3. The second kappa shape index (κ2) is 10.8. The lowest BCUT2D eigenvalue weighted by Crippen LogP contribution is -2.26. The molecule has 12 rings (SSSR count). The van der Waals surface area contributed by atoms with Crippen molar-refractivity contribution in [3.8, 4) is 39.5 Å². The Morgan fingerprint density at radius 2 is 1.30 bits per heavy atom. The number of nitrogens with zero attached hydrogens (tertiary/aromatic N) is 3. The number of furan rings is 1. The predicted octanol–water partition coefficient (Wildman–Crippen LogP) is 13.5. The molecule has 0 N–H and O–H groups in total. The van der Waals surface area contributed by atoms with Gasteiger partial charge in [0.25, 0.3) is 0 Å². The molecular formula is C49H31N3OS. The summed E-state index contributed by atoms with van der Waals surface area (Å²) in [6, 6.07) is 54.3. The number of hydrogen-bond donors (Lipinski definition) is 0. The Balaban J connectivity index is 1.03. The fraction of sp³-hybridized carbons (Fsp3) is 0.0612. The topological polar surface area (TPSA) is 43.9 Å². The van der Waals surface area contributed by atoms with E-state index in [1.54, 1.807) is 0 Å². The Hall–Kier alpha value is -6.56. The van der Waals surface area contributed by atoms with Crippen molar-refractivity contribution < 1.29 is 4.42 Å². The summed E-state index contributed by atoms with van der Waals surface area (Å²) in [6.45, 7) is 4.75. The van der Waals surface area contributed by atoms with E-state index in [4.69, 9.17) is 14.4 Å². The zero-order chi connectivity index (χ0) is 35.7. The molecule has 0 unspecified atom stereocenters. The molecule has 0 saturated heterocycles. The SMILES string of the molecule is CC1(C)c2cc(-c3cccc(-c4nc(-c5cccc6c5oc5ccccc56)nc5ccccc45)c3)ccc2-n2c3sc4ccccc4c3c3cccc1c32. The molecule has 0 aliphatic carbocycles. The molecule has 5 heterocycles. The standard InChI is InChI=1S/C49H31N3OS/c1-49(2)37-20-11-18-35-43-34-16-5-8-23-42(34)54-48(43)52(45(35)37)40-25-24-29(27-38(40)49)28-12-9-13-30(26-28)44-33-15-3-6-21-39(33)50-47(51-44)36-19-10-17-32-31-14-4-7-22-41(31)53-46(32)36/h3-27H,1-2H3. The van der Waals surface area contributed by atoms with Gasteiger partial charge in [-0.1, -0.05) is 123 Å². The van der Waals surface area contributed by atoms with Crippen LogP contribution in [0, 0.1) is 0 Å². The van der Waals surface area contributed by atoms with E-state index in [2.05, 4.69) is 146 Å². The molecule has 1 aliphatic rings. The zero-order valence-corrected chi connectivity index (χ0v) is 30.4. The molecule has 4 aromatic heterocycles. The maximum absolute atomic E-state index is 6.43. The van der Waals surface area contributed by atoms with Crippen LogP contribution in [0.2, 0.25) is 0 Å². The first kappa shape index (κ1) is 30.0. The monoisotopic (exact) mass is 709 g/mol. The van der Waals surface area contributed by atoms with Gasteiger partial charge < -0.3 is 8.98 Å². The van der Waals surface area contributed by atoms with Crippen LogP contribution in [0.1, 0.15) is 25.0 Å². The summed E-state index contributed by atoms with van der Waals surface area (Å²) in [7, 11) is 0. The fourth-order valence-electron chi connectivity index (χ4n) is 9.01. The second-order valence-electron chi connectivity index (χ2n) is 14.9. The molecule has 54 heavy (non-hydrogen) atoms. The highest BCUT2D eigenvalue weighted by molar-refractivity contribution is 7.25. The molecule has 0 saturated carbocycles. The first-order valence-corrected chi connectivity index (χ1v) is 19.2. The van der Waals surface area contributed by atoms with Crippen molar-refractivity contribution in [3.63, 3.8) is 0 Å². The average molecular weight is 710 g/mol. The third-order valence-corrected chi connectivity index (χ3v) is 12.8. The largest absolute Gasteiger partial charge is 0.455 e. The van der Waals surface area contributed by atoms with E-state index in [1.165, 1.54) is 53.6 Å². The Labute approximate surface area is 314 Å². The van der Waals surface area contributed by atoms with Crippen molar-refractivity contribution in [2.45, 2.75) is 19.3 Å². The molecule has 11 aromatic rings. The zero-order valence-electron chi connectivity index (χ0n) is 29.6. The summed E-state index contributed by atoms with van der Waals surface area (Å²) < 4.78 is 10.3. The van der Waals surface area contributed by atoms with Crippen LogP contribution < -0.4 is 0 Å². The number of para-hydroxylation sites is 4. The minimum atomic E-state index is -0.190. The molecule has 0 amide bonds. The molecule has 0 spiro atoms. The average Bonchev–Trinajstić information content (AvgIpc) is 3.89. The minimum Gasteiger partial charge on any atom is -0.455 e. The van der Waals surface area contributed by atoms with Crippen molar-refractivity contribution in [1.82, 2.24) is 14.5 Å². The smallest absolute Gasteiger partial charge is 0.164 e. The molecule has 254 valence electrons. The van der Waals surface area contributed by atoms with Crippen molar-refractivity contribution in [2.75, 3.05) is 0 Å². The lowest BCUT2D eigenvalue weighted by Gasteiger charge is -2.35. The van der Waals surface area contributed by atoms with Crippen LogP contribution >= 0.6 is 11.3 Å². The Bertz CT molecular complexity index is 3380. The minimum absolute atomic E-state index is 0.190. The van der Waals surface area contributed by atoms with Gasteiger partial charge >= 0.3 is 0 Å². The van der Waals surface area contributed by atoms with E-state index < -0.39 is 0 Å². The van der Waals surface area contributed by atoms with Crippen LogP contribution in [0.15, 0.2) is 156 Å². The highest BCUT2D eigenvalue weighted by Gasteiger charge is 2.36. The van der Waals surface area contributed by atoms with Gasteiger partial charge in [0.15, 0.2) is 5.82 Å². The molecule has 0 fully saturated rings. The molecule has 4 nitrogen and oxygen atoms in total. The maximum atomic E-state index is 6.43. The van der Waals surface area contributed by atoms with Crippen LogP contribution in [0.3, 0.4) is 0 Å². The second-order valence-corrected chi connectivity index (χ2v) is 16.0. The highest BCUT2D eigenvalue weighted by atomic mass is 32.1. The third kappa shape index (κ3) is 4.02. The summed E-state index contributed by atoms with van der Waals surface area (Å²) in [5.41, 5.74) is 12.8. The van der Waals surface area contributed by atoms with Gasteiger partial charge in [0.05, 0.1) is 28.0 Å². The normalized spacial score (nSPS) is 13.5. The number of thiophene rings is 1. The van der Waals surface area contributed by atoms with Crippen molar-refractivity contribution in [3.05, 3.63) is 163 Å². The summed E-state index contributed by atoms with van der Waals surface area (Å²) in [4.78, 5) is 11.7. The summed E-state index contributed by atoms with van der Waals surface area (Å²) in [5.74, 6) is 0.651. The number of fused-ring (bicyclic) bond motifs is 11. The van der Waals surface area contributed by atoms with Crippen LogP contribution in [0.4, 0.5) is 0 Å². The van der Waals surface area contributed by atoms with Crippen LogP contribution in [-0.4, -0.2) is 14.5 Å². The molecule has 0 radical (unpaired) electrons. The van der Waals surface area contributed by atoms with Crippen molar-refractivity contribution in [1.29, 1.82) is 0 Å². The lowest BCUT2D eigenvalue weighted by molar-refractivity contribution is 0.630. The van der Waals surface area contributed by atoms with Gasteiger partial charge in [0.2, 0.25) is 0 Å². The van der Waals surface area contributed by atoms with E-state index in [0.717, 1.165) is 55.2 Å². The first-order chi connectivity index (χ1) is 26.5. The number of benzene rings is 7. The fourth-order valence-corrected chi connectivity index (χ4v) is 10.3. The molecule has 0 atom stereocenters. The van der Waals surface area contributed by atoms with Gasteiger partial charge in [0, 0.05) is 48.0 Å². The maximum Gasteiger partial charge on any atom is 0.164 e. The van der Waals surface area contributed by atoms with E-state index >= 15 is 0 Å². The van der Waals surface area contributed by atoms with Gasteiger partial charge in [0.1, 0.15) is 16.0 Å². The van der Waals surface area contributed by atoms with Crippen LogP contribution in [0.25, 0.3) is 104 Å². The Morgan fingerprint density at radius 3 is 2.22 bits per heavy atom. The van der Waals surface area contributed by atoms with Crippen LogP contribution in [-0.2, 0) is 5.41 Å². The Kier molecular flexibility index (Phi) is 5.96. The predicted molar refractivity (Wildman–Crippen MR) is 225 cm³/mol. The molecular weight excluding hydrogens is 679 g/mol. The van der Waals surface area contributed by atoms with E-state index in [-0.39, 0.29) is 5.41 Å². The number of aromatic nitrogens is 3. The highest BCUT2D eigenvalue weighted by Crippen LogP contribution is 2.51. The van der Waals surface area contributed by atoms with Gasteiger partial charge in [-0.2, -0.15) is 0 Å². The van der Waals surface area contributed by atoms with Gasteiger partial charge in [-0.05, 0) is 64.7 Å². The Morgan fingerprint density at radius 1 is 0.574 bits per heavy atom. The van der Waals surface area contributed by atoms with Gasteiger partial charge in [-0.25, -0.2) is 9.97 Å². The van der Waals surface area contributed by atoms with E-state index in [9.17, 15) is 0 Å². The lowest BCUT2D eigenvalue weighted by atomic mass is 9.74. The third-order valence-electron chi connectivity index (χ3n) is 11.6. The number of hydrogen-bond acceptors (Lipinski definition) is 4. The van der Waals surface area contributed by atoms with Crippen molar-refractivity contribution in [2.24, 2.45) is 0 Å². The van der Waals surface area contributed by atoms with Gasteiger partial charge in [-0.3, -0.25) is 0 Å². The van der Waals surface area contributed by atoms with E-state index in [0.29, 0.717) is 5.82 Å².